The summed E-state index contributed by atoms with van der Waals surface area (Å²) in [6, 6.07) is 3.93. The summed E-state index contributed by atoms with van der Waals surface area (Å²) in [5, 5.41) is 8.46. The molecule has 1 N–H and O–H groups in total. The third kappa shape index (κ3) is 3.40. The van der Waals surface area contributed by atoms with Crippen LogP contribution in [0.25, 0.3) is 0 Å². The van der Waals surface area contributed by atoms with Crippen molar-refractivity contribution in [3.05, 3.63) is 29.0 Å². The van der Waals surface area contributed by atoms with Gasteiger partial charge in [-0.1, -0.05) is 18.5 Å². The minimum Gasteiger partial charge on any atom is -0.207 e. The van der Waals surface area contributed by atoms with Gasteiger partial charge in [-0.25, -0.2) is 12.8 Å². The summed E-state index contributed by atoms with van der Waals surface area (Å²) < 4.78 is 38.6. The van der Waals surface area contributed by atoms with E-state index in [2.05, 4.69) is 4.72 Å². The Labute approximate surface area is 104 Å². The van der Waals surface area contributed by atoms with E-state index in [0.717, 1.165) is 18.2 Å². The maximum absolute atomic E-state index is 12.8. The summed E-state index contributed by atoms with van der Waals surface area (Å²) in [5.74, 6) is -0.624. The Morgan fingerprint density at radius 1 is 1.59 bits per heavy atom. The largest absolute Gasteiger partial charge is 0.243 e. The van der Waals surface area contributed by atoms with Crippen molar-refractivity contribution in [2.45, 2.75) is 24.3 Å². The SMILES string of the molecule is CCC(C#N)NS(=O)(=O)c1ccc(F)cc1Cl. The lowest BCUT2D eigenvalue weighted by Gasteiger charge is -2.11. The highest BCUT2D eigenvalue weighted by Crippen LogP contribution is 2.22. The summed E-state index contributed by atoms with van der Waals surface area (Å²) in [4.78, 5) is -0.241. The molecule has 0 saturated carbocycles. The molecular formula is C10H10ClFN2O2S. The van der Waals surface area contributed by atoms with E-state index in [-0.39, 0.29) is 9.92 Å². The first-order valence-corrected chi connectivity index (χ1v) is 6.64. The molecule has 0 radical (unpaired) electrons. The van der Waals surface area contributed by atoms with Gasteiger partial charge in [0.2, 0.25) is 10.0 Å². The van der Waals surface area contributed by atoms with Gasteiger partial charge in [-0.05, 0) is 24.6 Å². The maximum atomic E-state index is 12.8. The normalized spacial score (nSPS) is 13.1. The molecule has 7 heteroatoms. The predicted molar refractivity (Wildman–Crippen MR) is 61.4 cm³/mol. The van der Waals surface area contributed by atoms with Crippen LogP contribution in [0.2, 0.25) is 5.02 Å². The standard InChI is InChI=1S/C10H10ClFN2O2S/c1-2-8(6-13)14-17(15,16)10-4-3-7(12)5-9(10)11/h3-5,8,14H,2H2,1H3. The Kier molecular flexibility index (Phi) is 4.46. The van der Waals surface area contributed by atoms with E-state index in [1.165, 1.54) is 0 Å². The van der Waals surface area contributed by atoms with Crippen molar-refractivity contribution < 1.29 is 12.8 Å². The molecule has 0 spiro atoms. The highest BCUT2D eigenvalue weighted by Gasteiger charge is 2.21. The Hall–Kier alpha value is -1.16. The molecule has 0 aliphatic carbocycles. The van der Waals surface area contributed by atoms with Gasteiger partial charge < -0.3 is 0 Å². The zero-order chi connectivity index (χ0) is 13.1. The smallest absolute Gasteiger partial charge is 0.207 e. The van der Waals surface area contributed by atoms with E-state index >= 15 is 0 Å². The second-order valence-electron chi connectivity index (χ2n) is 3.29. The fraction of sp³-hybridized carbons (Fsp3) is 0.300. The van der Waals surface area contributed by atoms with Gasteiger partial charge in [-0.15, -0.1) is 0 Å². The first-order chi connectivity index (χ1) is 7.90. The molecule has 1 unspecified atom stereocenters. The number of halogens is 2. The molecule has 0 heterocycles. The molecule has 0 amide bonds. The van der Waals surface area contributed by atoms with Gasteiger partial charge in [0.05, 0.1) is 11.1 Å². The van der Waals surface area contributed by atoms with Gasteiger partial charge in [0.15, 0.2) is 0 Å². The van der Waals surface area contributed by atoms with Crippen molar-refractivity contribution in [1.29, 1.82) is 5.26 Å². The van der Waals surface area contributed by atoms with Crippen molar-refractivity contribution in [2.24, 2.45) is 0 Å². The van der Waals surface area contributed by atoms with Crippen LogP contribution in [0.15, 0.2) is 23.1 Å². The van der Waals surface area contributed by atoms with Crippen LogP contribution >= 0.6 is 11.6 Å². The van der Waals surface area contributed by atoms with Crippen LogP contribution in [0.5, 0.6) is 0 Å². The molecule has 1 aromatic carbocycles. The fourth-order valence-electron chi connectivity index (χ4n) is 1.14. The summed E-state index contributed by atoms with van der Waals surface area (Å²) in [7, 11) is -3.90. The Morgan fingerprint density at radius 2 is 2.24 bits per heavy atom. The van der Waals surface area contributed by atoms with Crippen molar-refractivity contribution in [2.75, 3.05) is 0 Å². The van der Waals surface area contributed by atoms with E-state index in [1.807, 2.05) is 0 Å². The van der Waals surface area contributed by atoms with Crippen LogP contribution in [-0.4, -0.2) is 14.5 Å². The zero-order valence-corrected chi connectivity index (χ0v) is 10.5. The van der Waals surface area contributed by atoms with Gasteiger partial charge in [-0.2, -0.15) is 9.98 Å². The molecule has 4 nitrogen and oxygen atoms in total. The molecule has 0 aliphatic rings. The number of sulfonamides is 1. The van der Waals surface area contributed by atoms with Gasteiger partial charge in [0, 0.05) is 0 Å². The van der Waals surface area contributed by atoms with Gasteiger partial charge >= 0.3 is 0 Å². The second-order valence-corrected chi connectivity index (χ2v) is 5.38. The van der Waals surface area contributed by atoms with E-state index in [4.69, 9.17) is 16.9 Å². The summed E-state index contributed by atoms with van der Waals surface area (Å²) in [5.41, 5.74) is 0. The molecule has 0 aromatic heterocycles. The van der Waals surface area contributed by atoms with Crippen molar-refractivity contribution >= 4 is 21.6 Å². The van der Waals surface area contributed by atoms with E-state index in [9.17, 15) is 12.8 Å². The third-order valence-electron chi connectivity index (χ3n) is 2.04. The number of nitrogens with zero attached hydrogens (tertiary/aromatic N) is 1. The molecule has 1 aromatic rings. The van der Waals surface area contributed by atoms with Crippen LogP contribution in [0.3, 0.4) is 0 Å². The first kappa shape index (κ1) is 13.9. The van der Waals surface area contributed by atoms with Gasteiger partial charge in [0.25, 0.3) is 0 Å². The van der Waals surface area contributed by atoms with Crippen molar-refractivity contribution in [1.82, 2.24) is 4.72 Å². The molecule has 17 heavy (non-hydrogen) atoms. The van der Waals surface area contributed by atoms with Crippen molar-refractivity contribution in [3.8, 4) is 6.07 Å². The summed E-state index contributed by atoms with van der Waals surface area (Å²) >= 11 is 5.64. The lowest BCUT2D eigenvalue weighted by molar-refractivity contribution is 0.569. The molecule has 0 aliphatic heterocycles. The van der Waals surface area contributed by atoms with E-state index in [0.29, 0.717) is 6.42 Å². The Bertz CT molecular complexity index is 554. The van der Waals surface area contributed by atoms with E-state index < -0.39 is 21.9 Å². The molecule has 1 rings (SSSR count). The number of nitriles is 1. The highest BCUT2D eigenvalue weighted by atomic mass is 35.5. The summed E-state index contributed by atoms with van der Waals surface area (Å²) in [6.45, 7) is 1.67. The summed E-state index contributed by atoms with van der Waals surface area (Å²) in [6.07, 6.45) is 0.328. The molecule has 0 bridgehead atoms. The minimum absolute atomic E-state index is 0.217. The van der Waals surface area contributed by atoms with Crippen LogP contribution in [-0.2, 0) is 10.0 Å². The van der Waals surface area contributed by atoms with Gasteiger partial charge in [0.1, 0.15) is 16.8 Å². The van der Waals surface area contributed by atoms with Crippen LogP contribution in [0.4, 0.5) is 4.39 Å². The van der Waals surface area contributed by atoms with Crippen LogP contribution < -0.4 is 4.72 Å². The third-order valence-corrected chi connectivity index (χ3v) is 4.00. The monoisotopic (exact) mass is 276 g/mol. The van der Waals surface area contributed by atoms with Crippen LogP contribution in [0, 0.1) is 17.1 Å². The topological polar surface area (TPSA) is 70.0 Å². The lowest BCUT2D eigenvalue weighted by Crippen LogP contribution is -2.33. The average Bonchev–Trinajstić information content (AvgIpc) is 2.25. The number of benzene rings is 1. The maximum Gasteiger partial charge on any atom is 0.243 e. The molecule has 92 valence electrons. The zero-order valence-electron chi connectivity index (χ0n) is 8.94. The van der Waals surface area contributed by atoms with Gasteiger partial charge in [-0.3, -0.25) is 0 Å². The van der Waals surface area contributed by atoms with E-state index in [1.54, 1.807) is 13.0 Å². The average molecular weight is 277 g/mol. The minimum atomic E-state index is -3.90. The number of hydrogen-bond donors (Lipinski definition) is 1. The number of rotatable bonds is 4. The second kappa shape index (κ2) is 5.45. The lowest BCUT2D eigenvalue weighted by atomic mass is 10.3. The number of hydrogen-bond acceptors (Lipinski definition) is 3. The fourth-order valence-corrected chi connectivity index (χ4v) is 2.90. The van der Waals surface area contributed by atoms with Crippen LogP contribution in [0.1, 0.15) is 13.3 Å². The van der Waals surface area contributed by atoms with Crippen molar-refractivity contribution in [3.63, 3.8) is 0 Å². The highest BCUT2D eigenvalue weighted by molar-refractivity contribution is 7.89. The molecule has 0 saturated heterocycles. The molecular weight excluding hydrogens is 267 g/mol. The quantitative estimate of drug-likeness (QED) is 0.915. The molecule has 1 atom stereocenters. The number of nitrogens with one attached hydrogen (secondary N) is 1. The first-order valence-electron chi connectivity index (χ1n) is 4.77. The molecule has 0 fully saturated rings. The Balaban J connectivity index is 3.10. The Morgan fingerprint density at radius 3 is 2.71 bits per heavy atom. The predicted octanol–water partition coefficient (Wildman–Crippen LogP) is 2.06.